The van der Waals surface area contributed by atoms with E-state index in [0.29, 0.717) is 17.9 Å². The molecular formula is C24H29N3O. The molecule has 146 valence electrons. The van der Waals surface area contributed by atoms with E-state index in [2.05, 4.69) is 33.0 Å². The van der Waals surface area contributed by atoms with Crippen LogP contribution in [0.25, 0.3) is 10.9 Å². The topological polar surface area (TPSA) is 39.3 Å². The Morgan fingerprint density at radius 1 is 1.11 bits per heavy atom. The number of aromatic amines is 1. The van der Waals surface area contributed by atoms with Crippen molar-refractivity contribution in [1.29, 1.82) is 0 Å². The molecule has 0 saturated carbocycles. The van der Waals surface area contributed by atoms with Crippen LogP contribution in [0.3, 0.4) is 0 Å². The van der Waals surface area contributed by atoms with Gasteiger partial charge in [0.25, 0.3) is 5.91 Å². The van der Waals surface area contributed by atoms with Gasteiger partial charge in [-0.15, -0.1) is 0 Å². The number of carbonyl (C=O) groups is 1. The van der Waals surface area contributed by atoms with Crippen LogP contribution in [0.1, 0.15) is 49.0 Å². The quantitative estimate of drug-likeness (QED) is 0.759. The van der Waals surface area contributed by atoms with Crippen LogP contribution >= 0.6 is 0 Å². The van der Waals surface area contributed by atoms with Crippen molar-refractivity contribution in [3.8, 4) is 0 Å². The zero-order chi connectivity index (χ0) is 18.7. The number of nitrogens with one attached hydrogen (secondary N) is 1. The Hall–Kier alpha value is -2.07. The molecule has 6 rings (SSSR count). The van der Waals surface area contributed by atoms with Gasteiger partial charge < -0.3 is 9.88 Å². The van der Waals surface area contributed by atoms with Gasteiger partial charge in [-0.25, -0.2) is 0 Å². The number of likely N-dealkylation sites (tertiary alicyclic amines) is 1. The first kappa shape index (κ1) is 16.8. The monoisotopic (exact) mass is 375 g/mol. The minimum Gasteiger partial charge on any atom is -0.351 e. The molecule has 3 aliphatic heterocycles. The Bertz CT molecular complexity index is 911. The summed E-state index contributed by atoms with van der Waals surface area (Å²) in [5, 5.41) is 1.12. The molecule has 2 aromatic rings. The van der Waals surface area contributed by atoms with Crippen molar-refractivity contribution in [3.05, 3.63) is 47.7 Å². The number of amides is 1. The maximum Gasteiger partial charge on any atom is 0.270 e. The molecule has 1 aliphatic carbocycles. The fourth-order valence-corrected chi connectivity index (χ4v) is 6.54. The molecule has 1 aromatic heterocycles. The second kappa shape index (κ2) is 6.48. The normalized spacial score (nSPS) is 32.6. The first-order valence-corrected chi connectivity index (χ1v) is 11.1. The fourth-order valence-electron chi connectivity index (χ4n) is 6.54. The van der Waals surface area contributed by atoms with Crippen LogP contribution in [0.15, 0.2) is 42.0 Å². The van der Waals surface area contributed by atoms with Crippen molar-refractivity contribution in [1.82, 2.24) is 14.8 Å². The number of rotatable bonds is 1. The van der Waals surface area contributed by atoms with Gasteiger partial charge in [-0.3, -0.25) is 9.69 Å². The molecule has 2 bridgehead atoms. The van der Waals surface area contributed by atoms with E-state index in [9.17, 15) is 4.79 Å². The maximum atomic E-state index is 13.5. The van der Waals surface area contributed by atoms with Crippen LogP contribution < -0.4 is 0 Å². The van der Waals surface area contributed by atoms with Gasteiger partial charge in [-0.1, -0.05) is 36.3 Å². The molecule has 1 N–H and O–H groups in total. The lowest BCUT2D eigenvalue weighted by molar-refractivity contribution is 0.00134. The molecule has 4 aliphatic rings. The van der Waals surface area contributed by atoms with Gasteiger partial charge in [0.05, 0.1) is 6.04 Å². The van der Waals surface area contributed by atoms with Gasteiger partial charge in [0.15, 0.2) is 0 Å². The Labute approximate surface area is 166 Å². The van der Waals surface area contributed by atoms with E-state index in [1.54, 1.807) is 5.57 Å². The summed E-state index contributed by atoms with van der Waals surface area (Å²) in [5.41, 5.74) is 3.36. The molecule has 0 radical (unpaired) electrons. The summed E-state index contributed by atoms with van der Waals surface area (Å²) in [6.07, 6.45) is 10.2. The Morgan fingerprint density at radius 2 is 2.04 bits per heavy atom. The summed E-state index contributed by atoms with van der Waals surface area (Å²) in [6.45, 7) is 3.32. The van der Waals surface area contributed by atoms with E-state index < -0.39 is 0 Å². The lowest BCUT2D eigenvalue weighted by Crippen LogP contribution is -2.60. The average Bonchev–Trinajstić information content (AvgIpc) is 3.17. The number of H-pyrrole nitrogens is 1. The number of fused-ring (bicyclic) bond motifs is 7. The van der Waals surface area contributed by atoms with Crippen LogP contribution in [0, 0.1) is 11.8 Å². The first-order chi connectivity index (χ1) is 13.8. The number of nitrogens with zero attached hydrogens (tertiary/aromatic N) is 2. The standard InChI is InChI=1S/C24H29N3O/c28-24(21-14-16-6-1-2-8-20(16)25-21)27-11-5-7-17-12-18-13-19(23(17)27)15-26-10-4-3-9-22(18)26/h1-2,6,8,12,14,18-19,22-23,25H,3-5,7,9-11,13,15H2/t18-,19-,22+,23+/m1/s1. The molecule has 28 heavy (non-hydrogen) atoms. The molecule has 1 amide bonds. The van der Waals surface area contributed by atoms with Crippen LogP contribution in [0.2, 0.25) is 0 Å². The number of para-hydroxylation sites is 1. The summed E-state index contributed by atoms with van der Waals surface area (Å²) in [7, 11) is 0. The smallest absolute Gasteiger partial charge is 0.270 e. The molecular weight excluding hydrogens is 346 g/mol. The molecule has 0 spiro atoms. The number of hydrogen-bond acceptors (Lipinski definition) is 2. The number of aromatic nitrogens is 1. The van der Waals surface area contributed by atoms with E-state index >= 15 is 0 Å². The van der Waals surface area contributed by atoms with E-state index in [1.165, 1.54) is 45.2 Å². The maximum absolute atomic E-state index is 13.5. The van der Waals surface area contributed by atoms with Crippen molar-refractivity contribution < 1.29 is 4.79 Å². The summed E-state index contributed by atoms with van der Waals surface area (Å²) < 4.78 is 0. The van der Waals surface area contributed by atoms with Gasteiger partial charge in [-0.2, -0.15) is 0 Å². The molecule has 3 saturated heterocycles. The predicted octanol–water partition coefficient (Wildman–Crippen LogP) is 4.20. The number of hydrogen-bond donors (Lipinski definition) is 1. The molecule has 4 heteroatoms. The van der Waals surface area contributed by atoms with Crippen molar-refractivity contribution in [2.75, 3.05) is 19.6 Å². The Kier molecular flexibility index (Phi) is 3.90. The van der Waals surface area contributed by atoms with Crippen LogP contribution in [-0.2, 0) is 0 Å². The van der Waals surface area contributed by atoms with Crippen molar-refractivity contribution >= 4 is 16.8 Å². The van der Waals surface area contributed by atoms with Gasteiger partial charge in [-0.05, 0) is 62.6 Å². The van der Waals surface area contributed by atoms with Crippen molar-refractivity contribution in [2.24, 2.45) is 11.8 Å². The van der Waals surface area contributed by atoms with Crippen molar-refractivity contribution in [2.45, 2.75) is 50.6 Å². The van der Waals surface area contributed by atoms with E-state index in [4.69, 9.17) is 0 Å². The first-order valence-electron chi connectivity index (χ1n) is 11.1. The number of carbonyl (C=O) groups excluding carboxylic acids is 1. The third-order valence-electron chi connectivity index (χ3n) is 7.68. The molecule has 4 heterocycles. The summed E-state index contributed by atoms with van der Waals surface area (Å²) in [6, 6.07) is 11.3. The van der Waals surface area contributed by atoms with E-state index in [0.717, 1.165) is 35.6 Å². The molecule has 1 aromatic carbocycles. The Balaban J connectivity index is 1.34. The number of piperidine rings is 3. The van der Waals surface area contributed by atoms with Gasteiger partial charge >= 0.3 is 0 Å². The molecule has 4 atom stereocenters. The molecule has 0 unspecified atom stereocenters. The van der Waals surface area contributed by atoms with Gasteiger partial charge in [0.1, 0.15) is 5.69 Å². The third-order valence-corrected chi connectivity index (χ3v) is 7.68. The van der Waals surface area contributed by atoms with Gasteiger partial charge in [0, 0.05) is 30.0 Å². The predicted molar refractivity (Wildman–Crippen MR) is 111 cm³/mol. The number of benzene rings is 1. The molecule has 4 nitrogen and oxygen atoms in total. The highest BCUT2D eigenvalue weighted by molar-refractivity contribution is 5.98. The van der Waals surface area contributed by atoms with Crippen LogP contribution in [-0.4, -0.2) is 52.4 Å². The largest absolute Gasteiger partial charge is 0.351 e. The lowest BCUT2D eigenvalue weighted by Gasteiger charge is -2.54. The zero-order valence-electron chi connectivity index (χ0n) is 16.4. The summed E-state index contributed by atoms with van der Waals surface area (Å²) >= 11 is 0. The highest BCUT2D eigenvalue weighted by atomic mass is 16.2. The SMILES string of the molecule is O=C(c1cc2ccccc2[nH]1)N1CCCC2=C[C@@H]3C[C@H](CN4CCCC[C@@H]34)[C@H]21. The van der Waals surface area contributed by atoms with Crippen LogP contribution in [0.5, 0.6) is 0 Å². The average molecular weight is 376 g/mol. The Morgan fingerprint density at radius 3 is 2.96 bits per heavy atom. The second-order valence-electron chi connectivity index (χ2n) is 9.28. The third kappa shape index (κ3) is 2.57. The highest BCUT2D eigenvalue weighted by Gasteiger charge is 2.47. The summed E-state index contributed by atoms with van der Waals surface area (Å²) in [4.78, 5) is 21.8. The van der Waals surface area contributed by atoms with Crippen LogP contribution in [0.4, 0.5) is 0 Å². The fraction of sp³-hybridized carbons (Fsp3) is 0.542. The summed E-state index contributed by atoms with van der Waals surface area (Å²) in [5.74, 6) is 1.51. The van der Waals surface area contributed by atoms with E-state index in [1.807, 2.05) is 18.2 Å². The minimum atomic E-state index is 0.186. The minimum absolute atomic E-state index is 0.186. The highest BCUT2D eigenvalue weighted by Crippen LogP contribution is 2.45. The van der Waals surface area contributed by atoms with Gasteiger partial charge in [0.2, 0.25) is 0 Å². The lowest BCUT2D eigenvalue weighted by atomic mass is 9.68. The van der Waals surface area contributed by atoms with E-state index in [-0.39, 0.29) is 5.91 Å². The molecule has 3 fully saturated rings. The second-order valence-corrected chi connectivity index (χ2v) is 9.28. The van der Waals surface area contributed by atoms with Crippen molar-refractivity contribution in [3.63, 3.8) is 0 Å². The zero-order valence-corrected chi connectivity index (χ0v) is 16.4.